The summed E-state index contributed by atoms with van der Waals surface area (Å²) in [5.74, 6) is 0.852. The van der Waals surface area contributed by atoms with Crippen molar-refractivity contribution < 1.29 is 9.53 Å². The van der Waals surface area contributed by atoms with Crippen LogP contribution in [-0.4, -0.2) is 37.0 Å². The molecule has 0 saturated carbocycles. The molecule has 1 unspecified atom stereocenters. The van der Waals surface area contributed by atoms with E-state index < -0.39 is 0 Å². The molecule has 0 bridgehead atoms. The van der Waals surface area contributed by atoms with Crippen LogP contribution in [0.3, 0.4) is 0 Å². The van der Waals surface area contributed by atoms with Crippen LogP contribution in [0.5, 0.6) is 5.75 Å². The number of halogens is 1. The summed E-state index contributed by atoms with van der Waals surface area (Å²) in [5, 5.41) is 3.59. The lowest BCUT2D eigenvalue weighted by atomic mass is 10.2. The Labute approximate surface area is 154 Å². The third-order valence-electron chi connectivity index (χ3n) is 4.25. The van der Waals surface area contributed by atoms with Crippen LogP contribution in [-0.2, 0) is 11.3 Å². The third-order valence-corrected chi connectivity index (χ3v) is 4.62. The van der Waals surface area contributed by atoms with Gasteiger partial charge in [-0.3, -0.25) is 9.69 Å². The van der Waals surface area contributed by atoms with Gasteiger partial charge in [0.05, 0.1) is 6.04 Å². The Bertz CT molecular complexity index is 706. The maximum Gasteiger partial charge on any atom is 0.237 e. The van der Waals surface area contributed by atoms with E-state index in [4.69, 9.17) is 16.3 Å². The van der Waals surface area contributed by atoms with Gasteiger partial charge in [-0.15, -0.1) is 0 Å². The first-order valence-corrected chi connectivity index (χ1v) is 8.76. The van der Waals surface area contributed by atoms with Crippen molar-refractivity contribution in [2.24, 2.45) is 0 Å². The molecular weight excluding hydrogens is 336 g/mol. The van der Waals surface area contributed by atoms with Crippen LogP contribution in [0.25, 0.3) is 0 Å². The smallest absolute Gasteiger partial charge is 0.237 e. The standard InChI is InChI=1S/C20H25ClN2O2/c1-15-8-4-7-11-19(15)25-13-12-23(3)16(2)20(24)22-14-17-9-5-6-10-18(17)21/h4-11,16H,12-14H2,1-3H3,(H,22,24). The van der Waals surface area contributed by atoms with E-state index in [0.717, 1.165) is 16.9 Å². The molecule has 0 aromatic heterocycles. The number of hydrogen-bond acceptors (Lipinski definition) is 3. The second-order valence-electron chi connectivity index (χ2n) is 6.08. The van der Waals surface area contributed by atoms with E-state index in [0.29, 0.717) is 24.7 Å². The average Bonchev–Trinajstić information content (AvgIpc) is 2.61. The number of carbonyl (C=O) groups excluding carboxylic acids is 1. The molecule has 5 heteroatoms. The first kappa shape index (κ1) is 19.3. The largest absolute Gasteiger partial charge is 0.492 e. The predicted octanol–water partition coefficient (Wildman–Crippen LogP) is 3.66. The maximum atomic E-state index is 12.3. The number of ether oxygens (including phenoxy) is 1. The molecule has 0 radical (unpaired) electrons. The zero-order chi connectivity index (χ0) is 18.2. The molecule has 0 aliphatic rings. The molecule has 25 heavy (non-hydrogen) atoms. The molecule has 4 nitrogen and oxygen atoms in total. The van der Waals surface area contributed by atoms with Crippen molar-refractivity contribution in [1.29, 1.82) is 0 Å². The number of aryl methyl sites for hydroxylation is 1. The Kier molecular flexibility index (Phi) is 7.29. The highest BCUT2D eigenvalue weighted by molar-refractivity contribution is 6.31. The van der Waals surface area contributed by atoms with E-state index in [1.54, 1.807) is 0 Å². The Morgan fingerprint density at radius 3 is 2.60 bits per heavy atom. The highest BCUT2D eigenvalue weighted by atomic mass is 35.5. The number of benzene rings is 2. The summed E-state index contributed by atoms with van der Waals surface area (Å²) >= 11 is 6.11. The van der Waals surface area contributed by atoms with Crippen LogP contribution >= 0.6 is 11.6 Å². The summed E-state index contributed by atoms with van der Waals surface area (Å²) in [5.41, 5.74) is 2.02. The predicted molar refractivity (Wildman–Crippen MR) is 102 cm³/mol. The van der Waals surface area contributed by atoms with Crippen LogP contribution in [0.2, 0.25) is 5.02 Å². The first-order chi connectivity index (χ1) is 12.0. The molecule has 0 aliphatic carbocycles. The molecule has 2 rings (SSSR count). The van der Waals surface area contributed by atoms with Crippen LogP contribution in [0.15, 0.2) is 48.5 Å². The number of carbonyl (C=O) groups is 1. The number of nitrogens with zero attached hydrogens (tertiary/aromatic N) is 1. The molecule has 0 aliphatic heterocycles. The molecule has 0 heterocycles. The topological polar surface area (TPSA) is 41.6 Å². The Morgan fingerprint density at radius 1 is 1.20 bits per heavy atom. The fourth-order valence-electron chi connectivity index (χ4n) is 2.38. The van der Waals surface area contributed by atoms with Crippen molar-refractivity contribution in [2.75, 3.05) is 20.2 Å². The lowest BCUT2D eigenvalue weighted by molar-refractivity contribution is -0.125. The van der Waals surface area contributed by atoms with Crippen LogP contribution in [0, 0.1) is 6.92 Å². The lowest BCUT2D eigenvalue weighted by Crippen LogP contribution is -2.44. The molecule has 134 valence electrons. The Hall–Kier alpha value is -2.04. The van der Waals surface area contributed by atoms with Gasteiger partial charge in [-0.25, -0.2) is 0 Å². The Morgan fingerprint density at radius 2 is 1.88 bits per heavy atom. The normalized spacial score (nSPS) is 12.0. The summed E-state index contributed by atoms with van der Waals surface area (Å²) < 4.78 is 5.79. The minimum Gasteiger partial charge on any atom is -0.492 e. The highest BCUT2D eigenvalue weighted by Crippen LogP contribution is 2.16. The van der Waals surface area contributed by atoms with E-state index in [1.807, 2.05) is 74.3 Å². The molecule has 0 fully saturated rings. The van der Waals surface area contributed by atoms with Crippen molar-refractivity contribution in [3.05, 3.63) is 64.7 Å². The van der Waals surface area contributed by atoms with Crippen molar-refractivity contribution in [1.82, 2.24) is 10.2 Å². The van der Waals surface area contributed by atoms with Gasteiger partial charge in [0.1, 0.15) is 12.4 Å². The van der Waals surface area contributed by atoms with E-state index >= 15 is 0 Å². The molecule has 0 saturated heterocycles. The van der Waals surface area contributed by atoms with Crippen molar-refractivity contribution in [3.63, 3.8) is 0 Å². The average molecular weight is 361 g/mol. The minimum atomic E-state index is -0.247. The van der Waals surface area contributed by atoms with Gasteiger partial charge in [-0.2, -0.15) is 0 Å². The zero-order valence-corrected chi connectivity index (χ0v) is 15.7. The number of nitrogens with one attached hydrogen (secondary N) is 1. The molecule has 2 aromatic rings. The van der Waals surface area contributed by atoms with Crippen LogP contribution < -0.4 is 10.1 Å². The summed E-state index contributed by atoms with van der Waals surface area (Å²) in [6, 6.07) is 15.2. The number of rotatable bonds is 8. The quantitative estimate of drug-likeness (QED) is 0.781. The van der Waals surface area contributed by atoms with Crippen LogP contribution in [0.4, 0.5) is 0 Å². The zero-order valence-electron chi connectivity index (χ0n) is 15.0. The second-order valence-corrected chi connectivity index (χ2v) is 6.49. The van der Waals surface area contributed by atoms with Crippen molar-refractivity contribution in [3.8, 4) is 5.75 Å². The molecule has 2 aromatic carbocycles. The lowest BCUT2D eigenvalue weighted by Gasteiger charge is -2.24. The second kappa shape index (κ2) is 9.44. The number of hydrogen-bond donors (Lipinski definition) is 1. The summed E-state index contributed by atoms with van der Waals surface area (Å²) in [7, 11) is 1.92. The van der Waals surface area contributed by atoms with Gasteiger partial charge in [-0.05, 0) is 44.2 Å². The van der Waals surface area contributed by atoms with Crippen LogP contribution in [0.1, 0.15) is 18.1 Å². The summed E-state index contributed by atoms with van der Waals surface area (Å²) in [4.78, 5) is 14.3. The number of para-hydroxylation sites is 1. The summed E-state index contributed by atoms with van der Waals surface area (Å²) in [6.07, 6.45) is 0. The van der Waals surface area contributed by atoms with Gasteiger partial charge in [0.25, 0.3) is 0 Å². The minimum absolute atomic E-state index is 0.0293. The molecular formula is C20H25ClN2O2. The molecule has 0 spiro atoms. The van der Waals surface area contributed by atoms with Gasteiger partial charge >= 0.3 is 0 Å². The first-order valence-electron chi connectivity index (χ1n) is 8.39. The fraction of sp³-hybridized carbons (Fsp3) is 0.350. The highest BCUT2D eigenvalue weighted by Gasteiger charge is 2.17. The van der Waals surface area contributed by atoms with Gasteiger partial charge in [0, 0.05) is 18.1 Å². The third kappa shape index (κ3) is 5.76. The SMILES string of the molecule is Cc1ccccc1OCCN(C)C(C)C(=O)NCc1ccccc1Cl. The van der Waals surface area contributed by atoms with Gasteiger partial charge in [-0.1, -0.05) is 48.0 Å². The van der Waals surface area contributed by atoms with E-state index in [-0.39, 0.29) is 11.9 Å². The van der Waals surface area contributed by atoms with Crippen molar-refractivity contribution in [2.45, 2.75) is 26.4 Å². The summed E-state index contributed by atoms with van der Waals surface area (Å²) in [6.45, 7) is 5.52. The number of amides is 1. The molecule has 1 N–H and O–H groups in total. The van der Waals surface area contributed by atoms with E-state index in [2.05, 4.69) is 5.32 Å². The maximum absolute atomic E-state index is 12.3. The molecule has 1 atom stereocenters. The molecule has 1 amide bonds. The number of likely N-dealkylation sites (N-methyl/N-ethyl adjacent to an activating group) is 1. The van der Waals surface area contributed by atoms with Gasteiger partial charge in [0.15, 0.2) is 0 Å². The van der Waals surface area contributed by atoms with Crippen molar-refractivity contribution >= 4 is 17.5 Å². The van der Waals surface area contributed by atoms with Gasteiger partial charge < -0.3 is 10.1 Å². The van der Waals surface area contributed by atoms with E-state index in [9.17, 15) is 4.79 Å². The van der Waals surface area contributed by atoms with E-state index in [1.165, 1.54) is 0 Å². The fourth-order valence-corrected chi connectivity index (χ4v) is 2.59. The Balaban J connectivity index is 1.77. The van der Waals surface area contributed by atoms with Gasteiger partial charge in [0.2, 0.25) is 5.91 Å². The monoisotopic (exact) mass is 360 g/mol.